The summed E-state index contributed by atoms with van der Waals surface area (Å²) in [7, 11) is -4.81. The molecule has 0 saturated carbocycles. The summed E-state index contributed by atoms with van der Waals surface area (Å²) in [5, 5.41) is 18.9. The van der Waals surface area contributed by atoms with E-state index in [0.29, 0.717) is 5.75 Å². The Morgan fingerprint density at radius 3 is 2.50 bits per heavy atom. The Hall–Kier alpha value is -1.40. The van der Waals surface area contributed by atoms with Gasteiger partial charge in [0, 0.05) is 18.7 Å². The van der Waals surface area contributed by atoms with Gasteiger partial charge < -0.3 is 19.7 Å². The van der Waals surface area contributed by atoms with Crippen LogP contribution in [0.1, 0.15) is 6.42 Å². The molecule has 1 saturated heterocycles. The molecule has 9 nitrogen and oxygen atoms in total. The molecule has 2 N–H and O–H groups in total. The zero-order chi connectivity index (χ0) is 19.5. The monoisotopic (exact) mass is 409 g/mol. The maximum atomic E-state index is 13.2. The molecule has 0 bridgehead atoms. The number of rotatable bonds is 8. The Labute approximate surface area is 153 Å². The van der Waals surface area contributed by atoms with Crippen LogP contribution < -0.4 is 9.47 Å². The lowest BCUT2D eigenvalue weighted by Crippen LogP contribution is -2.46. The van der Waals surface area contributed by atoms with Crippen molar-refractivity contribution in [2.24, 2.45) is 0 Å². The standard InChI is InChI=1S/C15H23NO8S2/c1-23-13-3-4-15(14(7-13)24-2)26(21,22)16(8-12(18)9-17)11-5-6-25(19,20)10-11/h3-4,7,11-12,17-18H,5-6,8-10H2,1-2H3/t11-,12-/m0/s1. The summed E-state index contributed by atoms with van der Waals surface area (Å²) in [5.74, 6) is -0.0264. The van der Waals surface area contributed by atoms with Gasteiger partial charge in [0.2, 0.25) is 10.0 Å². The molecule has 2 atom stereocenters. The second kappa shape index (κ2) is 8.09. The van der Waals surface area contributed by atoms with Crippen LogP contribution in [0.3, 0.4) is 0 Å². The molecule has 148 valence electrons. The summed E-state index contributed by atoms with van der Waals surface area (Å²) < 4.78 is 61.1. The quantitative estimate of drug-likeness (QED) is 0.573. The fourth-order valence-corrected chi connectivity index (χ4v) is 6.48. The molecule has 0 spiro atoms. The minimum absolute atomic E-state index is 0.0358. The summed E-state index contributed by atoms with van der Waals surface area (Å²) in [6.45, 7) is -1.07. The topological polar surface area (TPSA) is 130 Å². The van der Waals surface area contributed by atoms with E-state index in [0.717, 1.165) is 4.31 Å². The second-order valence-electron chi connectivity index (χ2n) is 5.98. The van der Waals surface area contributed by atoms with Gasteiger partial charge in [-0.05, 0) is 18.6 Å². The lowest BCUT2D eigenvalue weighted by atomic mass is 10.2. The molecule has 11 heteroatoms. The highest BCUT2D eigenvalue weighted by Gasteiger charge is 2.40. The Balaban J connectivity index is 2.48. The van der Waals surface area contributed by atoms with E-state index in [1.807, 2.05) is 0 Å². The highest BCUT2D eigenvalue weighted by Crippen LogP contribution is 2.33. The molecule has 26 heavy (non-hydrogen) atoms. The summed E-state index contributed by atoms with van der Waals surface area (Å²) in [6, 6.07) is 3.33. The van der Waals surface area contributed by atoms with Crippen molar-refractivity contribution in [1.29, 1.82) is 0 Å². The largest absolute Gasteiger partial charge is 0.497 e. The summed E-state index contributed by atoms with van der Waals surface area (Å²) >= 11 is 0. The van der Waals surface area contributed by atoms with Crippen molar-refractivity contribution in [2.75, 3.05) is 38.9 Å². The van der Waals surface area contributed by atoms with E-state index in [-0.39, 0.29) is 28.6 Å². The van der Waals surface area contributed by atoms with Crippen LogP contribution in [0.15, 0.2) is 23.1 Å². The van der Waals surface area contributed by atoms with Crippen molar-refractivity contribution in [3.05, 3.63) is 18.2 Å². The maximum absolute atomic E-state index is 13.2. The Bertz CT molecular complexity index is 837. The highest BCUT2D eigenvalue weighted by molar-refractivity contribution is 7.92. The Morgan fingerprint density at radius 2 is 2.00 bits per heavy atom. The van der Waals surface area contributed by atoms with Gasteiger partial charge >= 0.3 is 0 Å². The van der Waals surface area contributed by atoms with E-state index >= 15 is 0 Å². The molecular weight excluding hydrogens is 386 g/mol. The summed E-state index contributed by atoms with van der Waals surface area (Å²) in [5.41, 5.74) is 0. The third-order valence-corrected chi connectivity index (χ3v) is 7.88. The molecule has 0 aromatic heterocycles. The number of ether oxygens (including phenoxy) is 2. The molecule has 0 unspecified atom stereocenters. The van der Waals surface area contributed by atoms with Gasteiger partial charge in [0.1, 0.15) is 16.4 Å². The average molecular weight is 409 g/mol. The van der Waals surface area contributed by atoms with Gasteiger partial charge in [0.25, 0.3) is 0 Å². The minimum atomic E-state index is -4.19. The van der Waals surface area contributed by atoms with Crippen LogP contribution in [0.2, 0.25) is 0 Å². The van der Waals surface area contributed by atoms with E-state index in [9.17, 15) is 21.9 Å². The first-order valence-electron chi connectivity index (χ1n) is 7.88. The van der Waals surface area contributed by atoms with E-state index < -0.39 is 45.2 Å². The Kier molecular flexibility index (Phi) is 6.51. The van der Waals surface area contributed by atoms with Crippen molar-refractivity contribution >= 4 is 19.9 Å². The van der Waals surface area contributed by atoms with Crippen LogP contribution in [0.25, 0.3) is 0 Å². The fraction of sp³-hybridized carbons (Fsp3) is 0.600. The van der Waals surface area contributed by atoms with Gasteiger partial charge in [-0.15, -0.1) is 0 Å². The molecule has 2 rings (SSSR count). The number of sulfone groups is 1. The highest BCUT2D eigenvalue weighted by atomic mass is 32.2. The predicted octanol–water partition coefficient (Wildman–Crippen LogP) is -0.765. The maximum Gasteiger partial charge on any atom is 0.247 e. The van der Waals surface area contributed by atoms with Gasteiger partial charge in [-0.25, -0.2) is 16.8 Å². The molecule has 0 aliphatic carbocycles. The fourth-order valence-electron chi connectivity index (χ4n) is 2.83. The molecule has 1 heterocycles. The van der Waals surface area contributed by atoms with Crippen LogP contribution in [-0.2, 0) is 19.9 Å². The molecule has 1 aromatic rings. The van der Waals surface area contributed by atoms with E-state index in [4.69, 9.17) is 14.6 Å². The van der Waals surface area contributed by atoms with Crippen molar-refractivity contribution < 1.29 is 36.5 Å². The van der Waals surface area contributed by atoms with Crippen molar-refractivity contribution in [1.82, 2.24) is 4.31 Å². The first-order chi connectivity index (χ1) is 12.1. The number of aliphatic hydroxyl groups is 2. The van der Waals surface area contributed by atoms with Gasteiger partial charge in [-0.1, -0.05) is 0 Å². The van der Waals surface area contributed by atoms with Crippen LogP contribution in [0, 0.1) is 0 Å². The molecule has 0 amide bonds. The van der Waals surface area contributed by atoms with E-state index in [2.05, 4.69) is 0 Å². The normalized spacial score (nSPS) is 20.9. The van der Waals surface area contributed by atoms with Crippen LogP contribution in [0.4, 0.5) is 0 Å². The van der Waals surface area contributed by atoms with Crippen molar-refractivity contribution in [3.63, 3.8) is 0 Å². The lowest BCUT2D eigenvalue weighted by molar-refractivity contribution is 0.0729. The van der Waals surface area contributed by atoms with Gasteiger partial charge in [-0.2, -0.15) is 4.31 Å². The third-order valence-electron chi connectivity index (χ3n) is 4.17. The van der Waals surface area contributed by atoms with Crippen LogP contribution in [-0.4, -0.2) is 82.4 Å². The number of aliphatic hydroxyl groups excluding tert-OH is 2. The summed E-state index contributed by atoms with van der Waals surface area (Å²) in [4.78, 5) is -0.171. The SMILES string of the molecule is COc1ccc(S(=O)(=O)N(C[C@H](O)CO)[C@H]2CCS(=O)(=O)C2)c(OC)c1. The van der Waals surface area contributed by atoms with E-state index in [1.165, 1.54) is 32.4 Å². The Morgan fingerprint density at radius 1 is 1.31 bits per heavy atom. The summed E-state index contributed by atoms with van der Waals surface area (Å²) in [6.07, 6.45) is -1.21. The number of benzene rings is 1. The van der Waals surface area contributed by atoms with Crippen LogP contribution in [0.5, 0.6) is 11.5 Å². The third kappa shape index (κ3) is 4.46. The number of hydrogen-bond acceptors (Lipinski definition) is 8. The minimum Gasteiger partial charge on any atom is -0.497 e. The first kappa shape index (κ1) is 20.9. The number of sulfonamides is 1. The zero-order valence-corrected chi connectivity index (χ0v) is 16.2. The number of hydrogen-bond donors (Lipinski definition) is 2. The predicted molar refractivity (Wildman–Crippen MR) is 93.6 cm³/mol. The average Bonchev–Trinajstić information content (AvgIpc) is 2.97. The van der Waals surface area contributed by atoms with Gasteiger partial charge in [-0.3, -0.25) is 0 Å². The lowest BCUT2D eigenvalue weighted by Gasteiger charge is -2.29. The molecular formula is C15H23NO8S2. The second-order valence-corrected chi connectivity index (χ2v) is 10.1. The zero-order valence-electron chi connectivity index (χ0n) is 14.5. The molecule has 1 aliphatic rings. The van der Waals surface area contributed by atoms with Crippen molar-refractivity contribution in [2.45, 2.75) is 23.5 Å². The van der Waals surface area contributed by atoms with Gasteiger partial charge in [0.15, 0.2) is 9.84 Å². The van der Waals surface area contributed by atoms with Crippen LogP contribution >= 0.6 is 0 Å². The van der Waals surface area contributed by atoms with E-state index in [1.54, 1.807) is 0 Å². The first-order valence-corrected chi connectivity index (χ1v) is 11.1. The molecule has 1 aromatic carbocycles. The van der Waals surface area contributed by atoms with Crippen molar-refractivity contribution in [3.8, 4) is 11.5 Å². The molecule has 0 radical (unpaired) electrons. The molecule has 1 aliphatic heterocycles. The number of methoxy groups -OCH3 is 2. The smallest absolute Gasteiger partial charge is 0.247 e. The molecule has 1 fully saturated rings. The van der Waals surface area contributed by atoms with Gasteiger partial charge in [0.05, 0.1) is 38.4 Å². The number of nitrogens with zero attached hydrogens (tertiary/aromatic N) is 1.